The van der Waals surface area contributed by atoms with Gasteiger partial charge in [0.2, 0.25) is 5.91 Å². The molecule has 1 heterocycles. The van der Waals surface area contributed by atoms with E-state index in [0.29, 0.717) is 23.9 Å². The number of nitro groups is 1. The number of hydrogen-bond donors (Lipinski definition) is 1. The second kappa shape index (κ2) is 10.5. The highest BCUT2D eigenvalue weighted by Crippen LogP contribution is 2.34. The van der Waals surface area contributed by atoms with Crippen molar-refractivity contribution in [3.63, 3.8) is 0 Å². The van der Waals surface area contributed by atoms with Gasteiger partial charge in [0.05, 0.1) is 28.5 Å². The van der Waals surface area contributed by atoms with Gasteiger partial charge in [-0.3, -0.25) is 14.9 Å². The summed E-state index contributed by atoms with van der Waals surface area (Å²) in [6.07, 6.45) is -4.71. The van der Waals surface area contributed by atoms with E-state index in [1.54, 1.807) is 37.3 Å². The van der Waals surface area contributed by atoms with Crippen LogP contribution in [0.2, 0.25) is 0 Å². The van der Waals surface area contributed by atoms with E-state index >= 15 is 0 Å². The molecule has 0 aliphatic heterocycles. The second-order valence-electron chi connectivity index (χ2n) is 6.90. The maximum absolute atomic E-state index is 13.4. The molecule has 12 heteroatoms. The van der Waals surface area contributed by atoms with Crippen LogP contribution in [-0.2, 0) is 11.0 Å². The number of nitrogens with zero attached hydrogens (tertiary/aromatic N) is 3. The number of nitro benzene ring substituents is 1. The van der Waals surface area contributed by atoms with Gasteiger partial charge in [-0.15, -0.1) is 0 Å². The van der Waals surface area contributed by atoms with Crippen LogP contribution in [0.4, 0.5) is 24.5 Å². The number of alkyl halides is 3. The van der Waals surface area contributed by atoms with Crippen molar-refractivity contribution in [3.05, 3.63) is 70.4 Å². The number of rotatable bonds is 8. The molecule has 0 saturated heterocycles. The van der Waals surface area contributed by atoms with E-state index in [0.717, 1.165) is 6.07 Å². The minimum Gasteiger partial charge on any atom is -0.494 e. The van der Waals surface area contributed by atoms with E-state index in [9.17, 15) is 28.1 Å². The van der Waals surface area contributed by atoms with Crippen molar-refractivity contribution in [2.45, 2.75) is 30.4 Å². The molecule has 1 N–H and O–H groups in total. The molecule has 0 bridgehead atoms. The molecule has 8 nitrogen and oxygen atoms in total. The molecule has 0 radical (unpaired) electrons. The van der Waals surface area contributed by atoms with Gasteiger partial charge in [-0.25, -0.2) is 9.97 Å². The average molecular weight is 492 g/mol. The molecule has 34 heavy (non-hydrogen) atoms. The van der Waals surface area contributed by atoms with Crippen LogP contribution in [0.25, 0.3) is 11.3 Å². The summed E-state index contributed by atoms with van der Waals surface area (Å²) in [5.41, 5.74) is -1.07. The summed E-state index contributed by atoms with van der Waals surface area (Å²) in [5.74, 6) is -0.403. The quantitative estimate of drug-likeness (QED) is 0.189. The van der Waals surface area contributed by atoms with E-state index in [-0.39, 0.29) is 28.0 Å². The van der Waals surface area contributed by atoms with Crippen molar-refractivity contribution >= 4 is 29.0 Å². The van der Waals surface area contributed by atoms with E-state index in [2.05, 4.69) is 15.3 Å². The molecule has 1 atom stereocenters. The average Bonchev–Trinajstić information content (AvgIpc) is 2.79. The second-order valence-corrected chi connectivity index (χ2v) is 8.21. The molecule has 1 unspecified atom stereocenters. The van der Waals surface area contributed by atoms with Crippen LogP contribution in [0.15, 0.2) is 59.8 Å². The maximum atomic E-state index is 13.4. The van der Waals surface area contributed by atoms with Gasteiger partial charge in [-0.05, 0) is 32.0 Å². The lowest BCUT2D eigenvalue weighted by atomic mass is 10.1. The third-order valence-electron chi connectivity index (χ3n) is 4.45. The van der Waals surface area contributed by atoms with Crippen LogP contribution in [-0.4, -0.2) is 32.7 Å². The van der Waals surface area contributed by atoms with Crippen molar-refractivity contribution in [2.75, 3.05) is 11.9 Å². The summed E-state index contributed by atoms with van der Waals surface area (Å²) >= 11 is 0.707. The van der Waals surface area contributed by atoms with Gasteiger partial charge in [0, 0.05) is 5.56 Å². The fraction of sp³-hybridized carbons (Fsp3) is 0.227. The molecule has 0 spiro atoms. The zero-order valence-electron chi connectivity index (χ0n) is 18.0. The third-order valence-corrected chi connectivity index (χ3v) is 5.41. The Balaban J connectivity index is 1.84. The maximum Gasteiger partial charge on any atom is 0.433 e. The minimum atomic E-state index is -4.71. The summed E-state index contributed by atoms with van der Waals surface area (Å²) in [7, 11) is 0. The van der Waals surface area contributed by atoms with Gasteiger partial charge in [0.15, 0.2) is 5.16 Å². The standard InChI is InChI=1S/C22H19F3N4O4S/c1-3-33-15-9-10-16(18(11-15)29(31)32)26-20(30)13(2)34-21-27-17(14-7-5-4-6-8-14)12-19(28-21)22(23,24)25/h4-13H,3H2,1-2H3,(H,26,30). The number of anilines is 1. The van der Waals surface area contributed by atoms with Crippen molar-refractivity contribution in [3.8, 4) is 17.0 Å². The highest BCUT2D eigenvalue weighted by molar-refractivity contribution is 8.00. The zero-order chi connectivity index (χ0) is 24.9. The number of carbonyl (C=O) groups is 1. The van der Waals surface area contributed by atoms with Crippen LogP contribution < -0.4 is 10.1 Å². The summed E-state index contributed by atoms with van der Waals surface area (Å²) in [6.45, 7) is 3.46. The predicted octanol–water partition coefficient (Wildman–Crippen LogP) is 5.59. The lowest BCUT2D eigenvalue weighted by Crippen LogP contribution is -2.23. The van der Waals surface area contributed by atoms with Gasteiger partial charge in [0.1, 0.15) is 17.1 Å². The van der Waals surface area contributed by atoms with Crippen LogP contribution >= 0.6 is 11.8 Å². The normalized spacial score (nSPS) is 12.1. The summed E-state index contributed by atoms with van der Waals surface area (Å²) < 4.78 is 45.4. The molecule has 0 aliphatic carbocycles. The van der Waals surface area contributed by atoms with Crippen LogP contribution in [0.5, 0.6) is 5.75 Å². The molecule has 2 aromatic carbocycles. The molecular weight excluding hydrogens is 473 g/mol. The number of halogens is 3. The zero-order valence-corrected chi connectivity index (χ0v) is 18.8. The summed E-state index contributed by atoms with van der Waals surface area (Å²) in [4.78, 5) is 31.1. The van der Waals surface area contributed by atoms with Gasteiger partial charge >= 0.3 is 6.18 Å². The van der Waals surface area contributed by atoms with E-state index < -0.39 is 28.0 Å². The lowest BCUT2D eigenvalue weighted by Gasteiger charge is -2.14. The van der Waals surface area contributed by atoms with Crippen LogP contribution in [0.3, 0.4) is 0 Å². The predicted molar refractivity (Wildman–Crippen MR) is 121 cm³/mol. The number of nitrogens with one attached hydrogen (secondary N) is 1. The minimum absolute atomic E-state index is 0.0557. The fourth-order valence-electron chi connectivity index (χ4n) is 2.85. The number of ether oxygens (including phenoxy) is 1. The molecule has 3 aromatic rings. The number of amides is 1. The molecule has 178 valence electrons. The first-order valence-corrected chi connectivity index (χ1v) is 10.9. The van der Waals surface area contributed by atoms with Crippen molar-refractivity contribution in [1.29, 1.82) is 0 Å². The van der Waals surface area contributed by atoms with E-state index in [1.807, 2.05) is 0 Å². The van der Waals surface area contributed by atoms with Gasteiger partial charge in [-0.2, -0.15) is 13.2 Å². The molecular formula is C22H19F3N4O4S. The monoisotopic (exact) mass is 492 g/mol. The highest BCUT2D eigenvalue weighted by atomic mass is 32.2. The largest absolute Gasteiger partial charge is 0.494 e. The van der Waals surface area contributed by atoms with Gasteiger partial charge < -0.3 is 10.1 Å². The number of aromatic nitrogens is 2. The Morgan fingerprint density at radius 1 is 1.18 bits per heavy atom. The SMILES string of the molecule is CCOc1ccc(NC(=O)C(C)Sc2nc(-c3ccccc3)cc(C(F)(F)F)n2)c([N+](=O)[O-])c1. The lowest BCUT2D eigenvalue weighted by molar-refractivity contribution is -0.384. The Morgan fingerprint density at radius 3 is 2.50 bits per heavy atom. The first kappa shape index (κ1) is 25.0. The number of carbonyl (C=O) groups excluding carboxylic acids is 1. The summed E-state index contributed by atoms with van der Waals surface area (Å²) in [6, 6.07) is 13.1. The Kier molecular flexibility index (Phi) is 7.72. The number of benzene rings is 2. The fourth-order valence-corrected chi connectivity index (χ4v) is 3.63. The molecule has 0 aliphatic rings. The first-order chi connectivity index (χ1) is 16.1. The van der Waals surface area contributed by atoms with E-state index in [1.165, 1.54) is 25.1 Å². The highest BCUT2D eigenvalue weighted by Gasteiger charge is 2.34. The van der Waals surface area contributed by atoms with Gasteiger partial charge in [-0.1, -0.05) is 42.1 Å². The smallest absolute Gasteiger partial charge is 0.433 e. The van der Waals surface area contributed by atoms with Crippen molar-refractivity contribution < 1.29 is 27.6 Å². The Labute approximate surface area is 196 Å². The number of hydrogen-bond acceptors (Lipinski definition) is 7. The van der Waals surface area contributed by atoms with Crippen LogP contribution in [0, 0.1) is 10.1 Å². The Morgan fingerprint density at radius 2 is 1.88 bits per heavy atom. The molecule has 1 amide bonds. The number of thioether (sulfide) groups is 1. The topological polar surface area (TPSA) is 107 Å². The third kappa shape index (κ3) is 6.22. The van der Waals surface area contributed by atoms with Crippen molar-refractivity contribution in [2.24, 2.45) is 0 Å². The van der Waals surface area contributed by atoms with Gasteiger partial charge in [0.25, 0.3) is 5.69 Å². The molecule has 0 fully saturated rings. The molecule has 1 aromatic heterocycles. The molecule has 0 saturated carbocycles. The molecule has 3 rings (SSSR count). The Bertz CT molecular complexity index is 1190. The Hall–Kier alpha value is -3.67. The van der Waals surface area contributed by atoms with Crippen LogP contribution in [0.1, 0.15) is 19.5 Å². The van der Waals surface area contributed by atoms with E-state index in [4.69, 9.17) is 4.74 Å². The summed E-state index contributed by atoms with van der Waals surface area (Å²) in [5, 5.41) is 12.6. The first-order valence-electron chi connectivity index (χ1n) is 9.99. The van der Waals surface area contributed by atoms with Crippen molar-refractivity contribution in [1.82, 2.24) is 9.97 Å².